The van der Waals surface area contributed by atoms with Crippen LogP contribution in [0.3, 0.4) is 0 Å². The first kappa shape index (κ1) is 24.4. The van der Waals surface area contributed by atoms with Crippen LogP contribution in [0.25, 0.3) is 0 Å². The molecule has 0 radical (unpaired) electrons. The summed E-state index contributed by atoms with van der Waals surface area (Å²) in [4.78, 5) is 13.6. The van der Waals surface area contributed by atoms with Crippen LogP contribution >= 0.6 is 12.4 Å². The largest absolute Gasteiger partial charge is 0.481 e. The van der Waals surface area contributed by atoms with Gasteiger partial charge in [-0.05, 0) is 42.8 Å². The molecule has 29 heavy (non-hydrogen) atoms. The number of benzene rings is 1. The van der Waals surface area contributed by atoms with Gasteiger partial charge < -0.3 is 10.5 Å². The minimum Gasteiger partial charge on any atom is -0.481 e. The van der Waals surface area contributed by atoms with Gasteiger partial charge in [0.15, 0.2) is 9.84 Å². The Morgan fingerprint density at radius 3 is 2.55 bits per heavy atom. The number of nitrogens with two attached hydrogens (primary N) is 1. The minimum atomic E-state index is -4.15. The zero-order valence-corrected chi connectivity index (χ0v) is 17.3. The van der Waals surface area contributed by atoms with Crippen molar-refractivity contribution < 1.29 is 23.2 Å². The number of halogens is 1. The lowest BCUT2D eigenvalue weighted by Gasteiger charge is -2.28. The third-order valence-corrected chi connectivity index (χ3v) is 6.22. The van der Waals surface area contributed by atoms with Crippen LogP contribution in [0.4, 0.5) is 0 Å². The van der Waals surface area contributed by atoms with Crippen molar-refractivity contribution in [3.8, 4) is 17.6 Å². The lowest BCUT2D eigenvalue weighted by molar-refractivity contribution is -0.129. The number of nitrogens with zero attached hydrogens (tertiary/aromatic N) is 1. The van der Waals surface area contributed by atoms with Crippen molar-refractivity contribution in [1.82, 2.24) is 10.5 Å². The van der Waals surface area contributed by atoms with E-state index < -0.39 is 27.0 Å². The Hall–Kier alpha value is -2.64. The van der Waals surface area contributed by atoms with E-state index in [1.807, 2.05) is 0 Å². The van der Waals surface area contributed by atoms with Crippen LogP contribution in [-0.2, 0) is 21.1 Å². The van der Waals surface area contributed by atoms with Gasteiger partial charge in [0.25, 0.3) is 0 Å². The Bertz CT molecular complexity index is 972. The highest BCUT2D eigenvalue weighted by Crippen LogP contribution is 2.29. The standard InChI is InChI=1S/C19H21N3O5S.ClH/c1-2-3-11-27-16-6-8-17(9-7-16)28(25,26)19(20,13-18(23)22-24)12-15-5-4-10-21-14-15;/h4-10,14,24H,11-13,20H2,1H3,(H,22,23);1H. The summed E-state index contributed by atoms with van der Waals surface area (Å²) in [7, 11) is -4.15. The first-order valence-electron chi connectivity index (χ1n) is 8.30. The van der Waals surface area contributed by atoms with E-state index in [1.165, 1.54) is 42.1 Å². The van der Waals surface area contributed by atoms with Crippen molar-refractivity contribution >= 4 is 28.2 Å². The molecule has 1 atom stereocenters. The molecule has 156 valence electrons. The Balaban J connectivity index is 0.00000420. The number of amides is 1. The van der Waals surface area contributed by atoms with Crippen LogP contribution < -0.4 is 16.0 Å². The van der Waals surface area contributed by atoms with Crippen LogP contribution in [0.2, 0.25) is 0 Å². The predicted octanol–water partition coefficient (Wildman–Crippen LogP) is 1.47. The number of hydrogen-bond donors (Lipinski definition) is 3. The molecule has 0 bridgehead atoms. The summed E-state index contributed by atoms with van der Waals surface area (Å²) >= 11 is 0. The van der Waals surface area contributed by atoms with Gasteiger partial charge in [-0.25, -0.2) is 13.9 Å². The Kier molecular flexibility index (Phi) is 9.07. The van der Waals surface area contributed by atoms with Crippen LogP contribution in [0, 0.1) is 11.8 Å². The van der Waals surface area contributed by atoms with Crippen molar-refractivity contribution in [3.05, 3.63) is 54.4 Å². The average Bonchev–Trinajstić information content (AvgIpc) is 2.69. The topological polar surface area (TPSA) is 132 Å². The molecule has 2 rings (SSSR count). The lowest BCUT2D eigenvalue weighted by Crippen LogP contribution is -2.52. The fraction of sp³-hybridized carbons (Fsp3) is 0.263. The molecule has 1 aromatic carbocycles. The minimum absolute atomic E-state index is 0. The summed E-state index contributed by atoms with van der Waals surface area (Å²) in [6.45, 7) is 1.87. The highest BCUT2D eigenvalue weighted by molar-refractivity contribution is 7.92. The number of hydroxylamine groups is 1. The smallest absolute Gasteiger partial charge is 0.246 e. The molecule has 0 aliphatic carbocycles. The second kappa shape index (κ2) is 10.8. The summed E-state index contributed by atoms with van der Waals surface area (Å²) < 4.78 is 31.8. The Labute approximate surface area is 175 Å². The molecule has 0 saturated carbocycles. The molecule has 0 aliphatic rings. The molecule has 8 nitrogen and oxygen atoms in total. The fourth-order valence-corrected chi connectivity index (χ4v) is 4.19. The number of rotatable bonds is 8. The van der Waals surface area contributed by atoms with Gasteiger partial charge in [0.2, 0.25) is 5.91 Å². The SMILES string of the molecule is CC#CCOc1ccc(S(=O)(=O)C(N)(CC(=O)NO)Cc2cccnc2)cc1.Cl. The number of carbonyl (C=O) groups is 1. The van der Waals surface area contributed by atoms with Crippen molar-refractivity contribution in [2.75, 3.05) is 6.61 Å². The van der Waals surface area contributed by atoms with Crippen LogP contribution in [0.5, 0.6) is 5.75 Å². The van der Waals surface area contributed by atoms with Gasteiger partial charge in [-0.1, -0.05) is 12.0 Å². The van der Waals surface area contributed by atoms with E-state index in [0.717, 1.165) is 0 Å². The highest BCUT2D eigenvalue weighted by Gasteiger charge is 2.43. The van der Waals surface area contributed by atoms with E-state index >= 15 is 0 Å². The van der Waals surface area contributed by atoms with E-state index in [2.05, 4.69) is 16.8 Å². The molecule has 2 aromatic rings. The van der Waals surface area contributed by atoms with E-state index in [-0.39, 0.29) is 30.3 Å². The van der Waals surface area contributed by atoms with Crippen molar-refractivity contribution in [1.29, 1.82) is 0 Å². The molecule has 4 N–H and O–H groups in total. The summed E-state index contributed by atoms with van der Waals surface area (Å²) in [6, 6.07) is 8.98. The summed E-state index contributed by atoms with van der Waals surface area (Å²) in [5, 5.41) is 8.85. The van der Waals surface area contributed by atoms with Crippen molar-refractivity contribution in [2.45, 2.75) is 29.5 Å². The average molecular weight is 440 g/mol. The van der Waals surface area contributed by atoms with Crippen molar-refractivity contribution in [3.63, 3.8) is 0 Å². The molecular formula is C19H22ClN3O5S. The maximum atomic E-state index is 13.2. The number of nitrogens with one attached hydrogen (secondary N) is 1. The molecule has 1 unspecified atom stereocenters. The monoisotopic (exact) mass is 439 g/mol. The number of carbonyl (C=O) groups excluding carboxylic acids is 1. The summed E-state index contributed by atoms with van der Waals surface area (Å²) in [5.74, 6) is 4.97. The Morgan fingerprint density at radius 1 is 1.31 bits per heavy atom. The number of pyridine rings is 1. The van der Waals surface area contributed by atoms with Gasteiger partial charge in [0, 0.05) is 18.8 Å². The van der Waals surface area contributed by atoms with E-state index in [0.29, 0.717) is 11.3 Å². The lowest BCUT2D eigenvalue weighted by atomic mass is 10.0. The third-order valence-electron chi connectivity index (χ3n) is 3.97. The molecule has 0 fully saturated rings. The van der Waals surface area contributed by atoms with Crippen LogP contribution in [-0.4, -0.2) is 36.0 Å². The van der Waals surface area contributed by atoms with E-state index in [9.17, 15) is 13.2 Å². The van der Waals surface area contributed by atoms with Crippen LogP contribution in [0.1, 0.15) is 18.9 Å². The quantitative estimate of drug-likeness (QED) is 0.322. The maximum absolute atomic E-state index is 13.2. The summed E-state index contributed by atoms with van der Waals surface area (Å²) in [5.41, 5.74) is 8.19. The first-order valence-corrected chi connectivity index (χ1v) is 9.78. The van der Waals surface area contributed by atoms with Gasteiger partial charge in [-0.15, -0.1) is 18.3 Å². The molecule has 0 aliphatic heterocycles. The molecule has 0 spiro atoms. The number of ether oxygens (including phenoxy) is 1. The molecule has 10 heteroatoms. The zero-order valence-electron chi connectivity index (χ0n) is 15.7. The van der Waals surface area contributed by atoms with Crippen molar-refractivity contribution in [2.24, 2.45) is 5.73 Å². The second-order valence-corrected chi connectivity index (χ2v) is 8.30. The molecule has 1 heterocycles. The molecule has 0 saturated heterocycles. The van der Waals surface area contributed by atoms with Gasteiger partial charge in [-0.2, -0.15) is 0 Å². The predicted molar refractivity (Wildman–Crippen MR) is 109 cm³/mol. The number of aromatic nitrogens is 1. The number of sulfone groups is 1. The highest BCUT2D eigenvalue weighted by atomic mass is 35.5. The first-order chi connectivity index (χ1) is 13.3. The molecule has 1 amide bonds. The van der Waals surface area contributed by atoms with Gasteiger partial charge in [0.05, 0.1) is 11.3 Å². The second-order valence-electron chi connectivity index (χ2n) is 6.00. The van der Waals surface area contributed by atoms with Crippen LogP contribution in [0.15, 0.2) is 53.7 Å². The molecule has 1 aromatic heterocycles. The summed E-state index contributed by atoms with van der Waals surface area (Å²) in [6.07, 6.45) is 2.21. The van der Waals surface area contributed by atoms with E-state index in [4.69, 9.17) is 15.7 Å². The molecular weight excluding hydrogens is 418 g/mol. The third kappa shape index (κ3) is 6.17. The number of hydrogen-bond acceptors (Lipinski definition) is 7. The zero-order chi connectivity index (χ0) is 20.6. The normalized spacial score (nSPS) is 12.5. The van der Waals surface area contributed by atoms with E-state index in [1.54, 1.807) is 19.1 Å². The van der Waals surface area contributed by atoms with Gasteiger partial charge in [0.1, 0.15) is 17.2 Å². The fourth-order valence-electron chi connectivity index (χ4n) is 2.55. The van der Waals surface area contributed by atoms with Gasteiger partial charge in [-0.3, -0.25) is 15.0 Å². The Morgan fingerprint density at radius 2 is 2.00 bits per heavy atom. The maximum Gasteiger partial charge on any atom is 0.246 e. The van der Waals surface area contributed by atoms with Gasteiger partial charge >= 0.3 is 0 Å².